The summed E-state index contributed by atoms with van der Waals surface area (Å²) < 4.78 is 5.36. The molecule has 0 N–H and O–H groups in total. The third-order valence-electron chi connectivity index (χ3n) is 2.76. The third kappa shape index (κ3) is 3.86. The molecular weight excluding hydrogens is 230 g/mol. The Hall–Kier alpha value is -1.32. The zero-order valence-electron chi connectivity index (χ0n) is 11.9. The average molecular weight is 253 g/mol. The summed E-state index contributed by atoms with van der Waals surface area (Å²) in [5, 5.41) is 0. The Labute approximate surface area is 109 Å². The number of hydrogen-bond acceptors (Lipinski definition) is 3. The van der Waals surface area contributed by atoms with Gasteiger partial charge in [-0.05, 0) is 53.0 Å². The Balaban J connectivity index is 2.80. The van der Waals surface area contributed by atoms with Crippen LogP contribution in [0.5, 0.6) is 0 Å². The molecule has 4 heteroatoms. The van der Waals surface area contributed by atoms with Crippen LogP contribution in [0.4, 0.5) is 4.79 Å². The summed E-state index contributed by atoms with van der Waals surface area (Å²) in [6.45, 7) is 12.5. The number of Topliss-reactive ketones (excluding diaryl/α,β-unsaturated/α-hetero) is 1. The Kier molecular flexibility index (Phi) is 4.20. The van der Waals surface area contributed by atoms with Gasteiger partial charge in [-0.25, -0.2) is 4.79 Å². The van der Waals surface area contributed by atoms with Gasteiger partial charge >= 0.3 is 6.09 Å². The second-order valence-electron chi connectivity index (χ2n) is 5.94. The highest BCUT2D eigenvalue weighted by Gasteiger charge is 2.40. The van der Waals surface area contributed by atoms with E-state index in [0.717, 1.165) is 12.8 Å². The van der Waals surface area contributed by atoms with Crippen LogP contribution in [0.1, 0.15) is 47.5 Å². The number of carbonyl (C=O) groups excluding carboxylic acids is 2. The van der Waals surface area contributed by atoms with Gasteiger partial charge in [0.1, 0.15) is 5.60 Å². The predicted octanol–water partition coefficient (Wildman–Crippen LogP) is 2.92. The Bertz CT molecular complexity index is 364. The smallest absolute Gasteiger partial charge is 0.411 e. The minimum absolute atomic E-state index is 0.104. The van der Waals surface area contributed by atoms with E-state index in [1.54, 1.807) is 18.7 Å². The first kappa shape index (κ1) is 14.7. The standard InChI is InChI=1S/C14H23NO3/c1-9(2)12(16)10(3)15(11-7-8-11)13(17)18-14(4,5)6/h10-11H,1,7-8H2,2-6H3. The molecule has 1 aliphatic carbocycles. The fourth-order valence-corrected chi connectivity index (χ4v) is 1.77. The molecule has 1 aliphatic rings. The zero-order chi connectivity index (χ0) is 14.1. The Morgan fingerprint density at radius 1 is 1.33 bits per heavy atom. The highest BCUT2D eigenvalue weighted by atomic mass is 16.6. The van der Waals surface area contributed by atoms with Crippen molar-refractivity contribution in [1.82, 2.24) is 4.90 Å². The monoisotopic (exact) mass is 253 g/mol. The normalized spacial score (nSPS) is 16.9. The van der Waals surface area contributed by atoms with Crippen molar-refractivity contribution in [2.24, 2.45) is 0 Å². The van der Waals surface area contributed by atoms with Gasteiger partial charge in [0.05, 0.1) is 6.04 Å². The number of hydrogen-bond donors (Lipinski definition) is 0. The zero-order valence-corrected chi connectivity index (χ0v) is 11.9. The molecule has 0 heterocycles. The molecule has 0 aliphatic heterocycles. The van der Waals surface area contributed by atoms with Gasteiger partial charge in [-0.3, -0.25) is 9.69 Å². The van der Waals surface area contributed by atoms with Crippen molar-refractivity contribution in [3.8, 4) is 0 Å². The highest BCUT2D eigenvalue weighted by molar-refractivity contribution is 5.99. The minimum atomic E-state index is -0.545. The van der Waals surface area contributed by atoms with E-state index in [1.165, 1.54) is 0 Å². The molecule has 1 unspecified atom stereocenters. The number of ether oxygens (including phenoxy) is 1. The van der Waals surface area contributed by atoms with Crippen LogP contribution in [0, 0.1) is 0 Å². The first-order valence-corrected chi connectivity index (χ1v) is 6.34. The number of amides is 1. The molecule has 0 saturated heterocycles. The lowest BCUT2D eigenvalue weighted by Crippen LogP contribution is -2.47. The van der Waals surface area contributed by atoms with E-state index in [-0.39, 0.29) is 11.8 Å². The van der Waals surface area contributed by atoms with Gasteiger partial charge in [0.25, 0.3) is 0 Å². The Morgan fingerprint density at radius 2 is 1.83 bits per heavy atom. The van der Waals surface area contributed by atoms with Crippen LogP contribution in [0.2, 0.25) is 0 Å². The van der Waals surface area contributed by atoms with E-state index in [2.05, 4.69) is 6.58 Å². The molecule has 0 spiro atoms. The first-order chi connectivity index (χ1) is 8.13. The molecule has 18 heavy (non-hydrogen) atoms. The number of carbonyl (C=O) groups is 2. The van der Waals surface area contributed by atoms with Gasteiger partial charge in [-0.1, -0.05) is 6.58 Å². The molecule has 1 saturated carbocycles. The van der Waals surface area contributed by atoms with Crippen molar-refractivity contribution in [1.29, 1.82) is 0 Å². The summed E-state index contributed by atoms with van der Waals surface area (Å²) in [6, 6.07) is -0.358. The fourth-order valence-electron chi connectivity index (χ4n) is 1.77. The van der Waals surface area contributed by atoms with Crippen molar-refractivity contribution < 1.29 is 14.3 Å². The largest absolute Gasteiger partial charge is 0.444 e. The molecule has 0 radical (unpaired) electrons. The van der Waals surface area contributed by atoms with Crippen molar-refractivity contribution in [2.45, 2.75) is 65.1 Å². The number of rotatable bonds is 4. The second-order valence-corrected chi connectivity index (χ2v) is 5.94. The average Bonchev–Trinajstić information content (AvgIpc) is 2.97. The van der Waals surface area contributed by atoms with E-state index in [0.29, 0.717) is 5.57 Å². The van der Waals surface area contributed by atoms with Crippen LogP contribution in [0.15, 0.2) is 12.2 Å². The molecule has 1 fully saturated rings. The summed E-state index contributed by atoms with van der Waals surface area (Å²) in [4.78, 5) is 25.6. The maximum atomic E-state index is 12.1. The van der Waals surface area contributed by atoms with Crippen LogP contribution in [-0.4, -0.2) is 34.5 Å². The van der Waals surface area contributed by atoms with Crippen molar-refractivity contribution in [2.75, 3.05) is 0 Å². The molecule has 1 amide bonds. The van der Waals surface area contributed by atoms with Crippen molar-refractivity contribution in [3.05, 3.63) is 12.2 Å². The van der Waals surface area contributed by atoms with Gasteiger partial charge in [-0.2, -0.15) is 0 Å². The molecule has 102 valence electrons. The van der Waals surface area contributed by atoms with E-state index in [9.17, 15) is 9.59 Å². The lowest BCUT2D eigenvalue weighted by molar-refractivity contribution is -0.120. The predicted molar refractivity (Wildman–Crippen MR) is 70.4 cm³/mol. The highest BCUT2D eigenvalue weighted by Crippen LogP contribution is 2.30. The third-order valence-corrected chi connectivity index (χ3v) is 2.76. The van der Waals surface area contributed by atoms with Gasteiger partial charge in [0, 0.05) is 6.04 Å². The van der Waals surface area contributed by atoms with Crippen LogP contribution in [-0.2, 0) is 9.53 Å². The van der Waals surface area contributed by atoms with Gasteiger partial charge in [-0.15, -0.1) is 0 Å². The maximum Gasteiger partial charge on any atom is 0.411 e. The lowest BCUT2D eigenvalue weighted by atomic mass is 10.1. The van der Waals surface area contributed by atoms with Crippen LogP contribution < -0.4 is 0 Å². The number of ketones is 1. The number of nitrogens with zero attached hydrogens (tertiary/aromatic N) is 1. The minimum Gasteiger partial charge on any atom is -0.444 e. The summed E-state index contributed by atoms with van der Waals surface area (Å²) >= 11 is 0. The van der Waals surface area contributed by atoms with Crippen LogP contribution >= 0.6 is 0 Å². The van der Waals surface area contributed by atoms with Crippen molar-refractivity contribution in [3.63, 3.8) is 0 Å². The molecule has 0 aromatic rings. The quantitative estimate of drug-likeness (QED) is 0.724. The first-order valence-electron chi connectivity index (χ1n) is 6.34. The molecule has 0 aromatic heterocycles. The summed E-state index contributed by atoms with van der Waals surface area (Å²) in [5.41, 5.74) is -0.0762. The van der Waals surface area contributed by atoms with Gasteiger partial charge in [0.15, 0.2) is 5.78 Å². The summed E-state index contributed by atoms with van der Waals surface area (Å²) in [6.07, 6.45) is 1.47. The van der Waals surface area contributed by atoms with E-state index in [1.807, 2.05) is 20.8 Å². The SMILES string of the molecule is C=C(C)C(=O)C(C)N(C(=O)OC(C)(C)C)C1CC1. The maximum absolute atomic E-state index is 12.1. The lowest BCUT2D eigenvalue weighted by Gasteiger charge is -2.31. The van der Waals surface area contributed by atoms with E-state index >= 15 is 0 Å². The topological polar surface area (TPSA) is 46.6 Å². The molecular formula is C14H23NO3. The molecule has 1 atom stereocenters. The molecule has 4 nitrogen and oxygen atoms in total. The molecule has 0 bridgehead atoms. The molecule has 0 aromatic carbocycles. The second kappa shape index (κ2) is 5.12. The fraction of sp³-hybridized carbons (Fsp3) is 0.714. The Morgan fingerprint density at radius 3 is 2.17 bits per heavy atom. The van der Waals surface area contributed by atoms with Crippen molar-refractivity contribution >= 4 is 11.9 Å². The summed E-state index contributed by atoms with van der Waals surface area (Å²) in [7, 11) is 0. The van der Waals surface area contributed by atoms with E-state index in [4.69, 9.17) is 4.74 Å². The van der Waals surface area contributed by atoms with Gasteiger partial charge in [0.2, 0.25) is 0 Å². The van der Waals surface area contributed by atoms with Gasteiger partial charge < -0.3 is 4.74 Å². The van der Waals surface area contributed by atoms with Crippen LogP contribution in [0.25, 0.3) is 0 Å². The van der Waals surface area contributed by atoms with Crippen LogP contribution in [0.3, 0.4) is 0 Å². The van der Waals surface area contributed by atoms with E-state index < -0.39 is 17.7 Å². The summed E-state index contributed by atoms with van der Waals surface area (Å²) in [5.74, 6) is -0.104. The molecule has 1 rings (SSSR count).